The average Bonchev–Trinajstić information content (AvgIpc) is 2.28. The monoisotopic (exact) mass is 254 g/mol. The van der Waals surface area contributed by atoms with Gasteiger partial charge in [-0.3, -0.25) is 0 Å². The lowest BCUT2D eigenvalue weighted by Gasteiger charge is -2.34. The predicted molar refractivity (Wildman–Crippen MR) is 77.5 cm³/mol. The van der Waals surface area contributed by atoms with Crippen LogP contribution in [0.25, 0.3) is 0 Å². The topological polar surface area (TPSA) is 26.3 Å². The summed E-state index contributed by atoms with van der Waals surface area (Å²) in [5, 5.41) is 0. The van der Waals surface area contributed by atoms with Gasteiger partial charge in [-0.15, -0.1) is 0 Å². The molecular weight excluding hydrogens is 224 g/mol. The standard InChI is InChI=1S/C16H30O2/c1-7-8-9-10-16(6,14(4)5)11-12-18-15(17)13(2)3/h14H,2,7-12H2,1,3-6H3. The minimum Gasteiger partial charge on any atom is -0.462 e. The minimum atomic E-state index is -0.269. The Bertz CT molecular complexity index is 268. The number of hydrogen-bond donors (Lipinski definition) is 0. The first-order valence-corrected chi connectivity index (χ1v) is 7.16. The molecule has 0 fully saturated rings. The zero-order valence-corrected chi connectivity index (χ0v) is 12.8. The highest BCUT2D eigenvalue weighted by Gasteiger charge is 2.27. The molecule has 0 amide bonds. The van der Waals surface area contributed by atoms with Crippen LogP contribution in [0.15, 0.2) is 12.2 Å². The molecule has 0 saturated heterocycles. The molecule has 0 N–H and O–H groups in total. The lowest BCUT2D eigenvalue weighted by Crippen LogP contribution is -2.26. The van der Waals surface area contributed by atoms with Gasteiger partial charge in [-0.25, -0.2) is 4.79 Å². The molecule has 0 heterocycles. The first-order valence-electron chi connectivity index (χ1n) is 7.16. The Morgan fingerprint density at radius 3 is 2.33 bits per heavy atom. The summed E-state index contributed by atoms with van der Waals surface area (Å²) < 4.78 is 5.22. The molecule has 2 nitrogen and oxygen atoms in total. The van der Waals surface area contributed by atoms with Crippen molar-refractivity contribution in [2.45, 2.75) is 66.7 Å². The minimum absolute atomic E-state index is 0.268. The number of esters is 1. The van der Waals surface area contributed by atoms with Crippen molar-refractivity contribution in [3.63, 3.8) is 0 Å². The molecule has 0 aromatic carbocycles. The van der Waals surface area contributed by atoms with E-state index in [0.717, 1.165) is 6.42 Å². The summed E-state index contributed by atoms with van der Waals surface area (Å²) in [6.07, 6.45) is 5.95. The zero-order valence-electron chi connectivity index (χ0n) is 12.8. The van der Waals surface area contributed by atoms with Gasteiger partial charge in [0.05, 0.1) is 6.61 Å². The molecule has 0 aromatic rings. The number of hydrogen-bond acceptors (Lipinski definition) is 2. The van der Waals surface area contributed by atoms with Crippen LogP contribution in [0.1, 0.15) is 66.7 Å². The van der Waals surface area contributed by atoms with Crippen LogP contribution >= 0.6 is 0 Å². The van der Waals surface area contributed by atoms with Crippen LogP contribution in [0.2, 0.25) is 0 Å². The van der Waals surface area contributed by atoms with Crippen molar-refractivity contribution in [2.75, 3.05) is 6.61 Å². The Morgan fingerprint density at radius 2 is 1.89 bits per heavy atom. The maximum atomic E-state index is 11.3. The summed E-state index contributed by atoms with van der Waals surface area (Å²) in [5.41, 5.74) is 0.747. The molecule has 0 aliphatic heterocycles. The fraction of sp³-hybridized carbons (Fsp3) is 0.812. The van der Waals surface area contributed by atoms with Crippen molar-refractivity contribution < 1.29 is 9.53 Å². The van der Waals surface area contributed by atoms with E-state index in [-0.39, 0.29) is 11.4 Å². The van der Waals surface area contributed by atoms with E-state index in [0.29, 0.717) is 18.1 Å². The van der Waals surface area contributed by atoms with Crippen molar-refractivity contribution in [2.24, 2.45) is 11.3 Å². The highest BCUT2D eigenvalue weighted by molar-refractivity contribution is 5.86. The summed E-state index contributed by atoms with van der Waals surface area (Å²) >= 11 is 0. The van der Waals surface area contributed by atoms with Crippen LogP contribution < -0.4 is 0 Å². The SMILES string of the molecule is C=C(C)C(=O)OCCC(C)(CCCCC)C(C)C. The normalized spacial score (nSPS) is 14.3. The zero-order chi connectivity index (χ0) is 14.2. The molecule has 1 unspecified atom stereocenters. The van der Waals surface area contributed by atoms with Crippen molar-refractivity contribution in [3.8, 4) is 0 Å². The van der Waals surface area contributed by atoms with E-state index < -0.39 is 0 Å². The molecule has 0 aliphatic rings. The average molecular weight is 254 g/mol. The molecule has 106 valence electrons. The first-order chi connectivity index (χ1) is 8.33. The van der Waals surface area contributed by atoms with E-state index >= 15 is 0 Å². The summed E-state index contributed by atoms with van der Waals surface area (Å²) in [6, 6.07) is 0. The second kappa shape index (κ2) is 8.34. The molecule has 0 rings (SSSR count). The Labute approximate surface area is 113 Å². The molecule has 0 radical (unpaired) electrons. The molecule has 0 bridgehead atoms. The number of rotatable bonds is 9. The number of carbonyl (C=O) groups is 1. The fourth-order valence-electron chi connectivity index (χ4n) is 1.98. The van der Waals surface area contributed by atoms with Crippen molar-refractivity contribution in [1.82, 2.24) is 0 Å². The number of carbonyl (C=O) groups excluding carboxylic acids is 1. The summed E-state index contributed by atoms with van der Waals surface area (Å²) in [7, 11) is 0. The second-order valence-electron chi connectivity index (χ2n) is 5.93. The second-order valence-corrected chi connectivity index (χ2v) is 5.93. The Morgan fingerprint density at radius 1 is 1.28 bits per heavy atom. The Kier molecular flexibility index (Phi) is 7.97. The van der Waals surface area contributed by atoms with E-state index in [9.17, 15) is 4.79 Å². The van der Waals surface area contributed by atoms with Gasteiger partial charge in [0, 0.05) is 5.57 Å². The van der Waals surface area contributed by atoms with Crippen molar-refractivity contribution in [1.29, 1.82) is 0 Å². The van der Waals surface area contributed by atoms with E-state index in [1.807, 2.05) is 0 Å². The lowest BCUT2D eigenvalue weighted by molar-refractivity contribution is -0.139. The highest BCUT2D eigenvalue weighted by Crippen LogP contribution is 2.36. The van der Waals surface area contributed by atoms with Gasteiger partial charge < -0.3 is 4.74 Å². The third kappa shape index (κ3) is 6.23. The third-order valence-electron chi connectivity index (χ3n) is 4.00. The van der Waals surface area contributed by atoms with Crippen LogP contribution in [0.3, 0.4) is 0 Å². The maximum absolute atomic E-state index is 11.3. The van der Waals surface area contributed by atoms with Gasteiger partial charge in [0.2, 0.25) is 0 Å². The molecule has 0 aromatic heterocycles. The van der Waals surface area contributed by atoms with Crippen molar-refractivity contribution in [3.05, 3.63) is 12.2 Å². The van der Waals surface area contributed by atoms with Crippen LogP contribution in [0.5, 0.6) is 0 Å². The predicted octanol–water partition coefficient (Wildman–Crippen LogP) is 4.74. The van der Waals surface area contributed by atoms with Gasteiger partial charge in [-0.2, -0.15) is 0 Å². The largest absolute Gasteiger partial charge is 0.462 e. The highest BCUT2D eigenvalue weighted by atomic mass is 16.5. The molecule has 0 spiro atoms. The Hall–Kier alpha value is -0.790. The Balaban J connectivity index is 4.18. The van der Waals surface area contributed by atoms with Crippen molar-refractivity contribution >= 4 is 5.97 Å². The molecule has 0 aliphatic carbocycles. The maximum Gasteiger partial charge on any atom is 0.333 e. The van der Waals surface area contributed by atoms with Crippen LogP contribution in [0.4, 0.5) is 0 Å². The lowest BCUT2D eigenvalue weighted by atomic mass is 9.73. The summed E-state index contributed by atoms with van der Waals surface area (Å²) in [5.74, 6) is 0.340. The van der Waals surface area contributed by atoms with Gasteiger partial charge in [0.15, 0.2) is 0 Å². The molecule has 18 heavy (non-hydrogen) atoms. The molecule has 1 atom stereocenters. The quantitative estimate of drug-likeness (QED) is 0.337. The molecular formula is C16H30O2. The van der Waals surface area contributed by atoms with E-state index in [2.05, 4.69) is 34.3 Å². The first kappa shape index (κ1) is 17.2. The number of unbranched alkanes of at least 4 members (excludes halogenated alkanes) is 2. The van der Waals surface area contributed by atoms with Crippen LogP contribution in [-0.2, 0) is 9.53 Å². The van der Waals surface area contributed by atoms with Crippen LogP contribution in [-0.4, -0.2) is 12.6 Å². The fourth-order valence-corrected chi connectivity index (χ4v) is 1.98. The van der Waals surface area contributed by atoms with Crippen LogP contribution in [0, 0.1) is 11.3 Å². The van der Waals surface area contributed by atoms with E-state index in [1.54, 1.807) is 6.92 Å². The number of ether oxygens (including phenoxy) is 1. The van der Waals surface area contributed by atoms with Gasteiger partial charge >= 0.3 is 5.97 Å². The van der Waals surface area contributed by atoms with Gasteiger partial charge in [-0.1, -0.05) is 53.5 Å². The molecule has 0 saturated carbocycles. The van der Waals surface area contributed by atoms with Gasteiger partial charge in [-0.05, 0) is 31.1 Å². The van der Waals surface area contributed by atoms with Gasteiger partial charge in [0.25, 0.3) is 0 Å². The van der Waals surface area contributed by atoms with Gasteiger partial charge in [0.1, 0.15) is 0 Å². The molecule has 2 heteroatoms. The summed E-state index contributed by atoms with van der Waals surface area (Å²) in [4.78, 5) is 11.3. The van der Waals surface area contributed by atoms with E-state index in [1.165, 1.54) is 25.7 Å². The smallest absolute Gasteiger partial charge is 0.333 e. The third-order valence-corrected chi connectivity index (χ3v) is 4.00. The summed E-state index contributed by atoms with van der Waals surface area (Å²) in [6.45, 7) is 14.8. The van der Waals surface area contributed by atoms with E-state index in [4.69, 9.17) is 4.74 Å².